The van der Waals surface area contributed by atoms with Gasteiger partial charge < -0.3 is 10.1 Å². The molecule has 0 radical (unpaired) electrons. The Balaban J connectivity index is 1.53. The Hall–Kier alpha value is -2.24. The third-order valence-electron chi connectivity index (χ3n) is 6.30. The first kappa shape index (κ1) is 25.8. The van der Waals surface area contributed by atoms with Gasteiger partial charge in [0.25, 0.3) is 0 Å². The molecule has 2 saturated heterocycles. The summed E-state index contributed by atoms with van der Waals surface area (Å²) in [5.74, 6) is 0.303. The van der Waals surface area contributed by atoms with Crippen LogP contribution in [0.15, 0.2) is 53.4 Å². The van der Waals surface area contributed by atoms with E-state index in [1.165, 1.54) is 12.1 Å². The SMILES string of the molecule is COc1ccc(S[C@@H]2C[C@@H](C(=O)N[C@@H]3CCS(=O)(=O)C3)N(Cc3ccccc3C(F)(F)F)C2)cc1. The second-order valence-electron chi connectivity index (χ2n) is 8.86. The van der Waals surface area contributed by atoms with Crippen molar-refractivity contribution in [2.75, 3.05) is 25.2 Å². The van der Waals surface area contributed by atoms with Gasteiger partial charge in [-0.15, -0.1) is 11.8 Å². The zero-order chi connectivity index (χ0) is 25.2. The van der Waals surface area contributed by atoms with Gasteiger partial charge in [-0.05, 0) is 48.7 Å². The maximum absolute atomic E-state index is 13.6. The molecular weight excluding hydrogens is 501 g/mol. The minimum Gasteiger partial charge on any atom is -0.497 e. The molecule has 35 heavy (non-hydrogen) atoms. The van der Waals surface area contributed by atoms with Crippen LogP contribution in [0, 0.1) is 0 Å². The van der Waals surface area contributed by atoms with Crippen molar-refractivity contribution >= 4 is 27.5 Å². The number of thioether (sulfide) groups is 1. The monoisotopic (exact) mass is 528 g/mol. The highest BCUT2D eigenvalue weighted by atomic mass is 32.2. The number of likely N-dealkylation sites (tertiary alicyclic amines) is 1. The minimum atomic E-state index is -4.50. The third-order valence-corrected chi connectivity index (χ3v) is 9.29. The standard InChI is InChI=1S/C24H27F3N2O4S2/c1-33-18-6-8-19(9-7-18)34-20-12-22(23(30)28-17-10-11-35(31,32)15-17)29(14-20)13-16-4-2-3-5-21(16)24(25,26)27/h2-9,17,20,22H,10-15H2,1H3,(H,28,30)/t17-,20-,22+/m1/s1. The van der Waals surface area contributed by atoms with Crippen LogP contribution in [-0.4, -0.2) is 61.7 Å². The van der Waals surface area contributed by atoms with E-state index in [1.807, 2.05) is 24.3 Å². The first-order valence-electron chi connectivity index (χ1n) is 11.2. The molecule has 2 aliphatic heterocycles. The Morgan fingerprint density at radius 1 is 1.17 bits per heavy atom. The second-order valence-corrected chi connectivity index (χ2v) is 12.5. The molecule has 11 heteroatoms. The molecule has 1 amide bonds. The van der Waals surface area contributed by atoms with E-state index in [2.05, 4.69) is 5.32 Å². The number of sulfone groups is 1. The molecule has 0 saturated carbocycles. The van der Waals surface area contributed by atoms with Gasteiger partial charge in [0.1, 0.15) is 5.75 Å². The number of benzene rings is 2. The van der Waals surface area contributed by atoms with Crippen LogP contribution in [-0.2, 0) is 27.4 Å². The Labute approximate surface area is 207 Å². The molecule has 0 bridgehead atoms. The number of rotatable bonds is 7. The van der Waals surface area contributed by atoms with E-state index in [4.69, 9.17) is 4.74 Å². The number of nitrogens with zero attached hydrogens (tertiary/aromatic N) is 1. The number of carbonyl (C=O) groups excluding carboxylic acids is 1. The highest BCUT2D eigenvalue weighted by molar-refractivity contribution is 8.00. The third kappa shape index (κ3) is 6.50. The van der Waals surface area contributed by atoms with Crippen molar-refractivity contribution in [1.29, 1.82) is 0 Å². The molecule has 0 unspecified atom stereocenters. The van der Waals surface area contributed by atoms with Crippen LogP contribution in [0.3, 0.4) is 0 Å². The van der Waals surface area contributed by atoms with Crippen LogP contribution < -0.4 is 10.1 Å². The molecule has 2 fully saturated rings. The van der Waals surface area contributed by atoms with E-state index in [0.717, 1.165) is 16.7 Å². The Morgan fingerprint density at radius 2 is 1.89 bits per heavy atom. The number of halogens is 3. The fraction of sp³-hybridized carbons (Fsp3) is 0.458. The molecule has 6 nitrogen and oxygen atoms in total. The molecule has 0 aromatic heterocycles. The molecule has 2 aromatic rings. The van der Waals surface area contributed by atoms with Gasteiger partial charge >= 0.3 is 6.18 Å². The summed E-state index contributed by atoms with van der Waals surface area (Å²) in [6, 6.07) is 11.7. The van der Waals surface area contributed by atoms with E-state index in [0.29, 0.717) is 19.4 Å². The number of amides is 1. The molecule has 0 aliphatic carbocycles. The predicted octanol–water partition coefficient (Wildman–Crippen LogP) is 3.75. The molecule has 2 aliphatic rings. The zero-order valence-electron chi connectivity index (χ0n) is 19.1. The van der Waals surface area contributed by atoms with Crippen molar-refractivity contribution in [2.24, 2.45) is 0 Å². The summed E-state index contributed by atoms with van der Waals surface area (Å²) in [7, 11) is -1.60. The second kappa shape index (κ2) is 10.4. The van der Waals surface area contributed by atoms with E-state index in [-0.39, 0.29) is 34.8 Å². The van der Waals surface area contributed by atoms with Crippen molar-refractivity contribution in [3.8, 4) is 5.75 Å². The van der Waals surface area contributed by atoms with Gasteiger partial charge in [-0.25, -0.2) is 8.42 Å². The van der Waals surface area contributed by atoms with Gasteiger partial charge in [-0.2, -0.15) is 13.2 Å². The number of methoxy groups -OCH3 is 1. The van der Waals surface area contributed by atoms with E-state index in [1.54, 1.807) is 29.8 Å². The highest BCUT2D eigenvalue weighted by Crippen LogP contribution is 2.37. The van der Waals surface area contributed by atoms with Crippen molar-refractivity contribution in [3.05, 3.63) is 59.7 Å². The quantitative estimate of drug-likeness (QED) is 0.590. The number of hydrogen-bond donors (Lipinski definition) is 1. The van der Waals surface area contributed by atoms with Crippen molar-refractivity contribution < 1.29 is 31.1 Å². The maximum atomic E-state index is 13.6. The lowest BCUT2D eigenvalue weighted by Crippen LogP contribution is -2.47. The lowest BCUT2D eigenvalue weighted by Gasteiger charge is -2.26. The van der Waals surface area contributed by atoms with Gasteiger partial charge in [-0.1, -0.05) is 18.2 Å². The first-order chi connectivity index (χ1) is 16.5. The minimum absolute atomic E-state index is 0.0236. The molecule has 2 aromatic carbocycles. The molecule has 190 valence electrons. The van der Waals surface area contributed by atoms with Crippen LogP contribution in [0.25, 0.3) is 0 Å². The van der Waals surface area contributed by atoms with Crippen molar-refractivity contribution in [2.45, 2.75) is 47.8 Å². The summed E-state index contributed by atoms with van der Waals surface area (Å²) in [6.07, 6.45) is -3.71. The smallest absolute Gasteiger partial charge is 0.416 e. The van der Waals surface area contributed by atoms with Crippen LogP contribution >= 0.6 is 11.8 Å². The predicted molar refractivity (Wildman–Crippen MR) is 128 cm³/mol. The topological polar surface area (TPSA) is 75.7 Å². The Bertz CT molecular complexity index is 1160. The lowest BCUT2D eigenvalue weighted by molar-refractivity contribution is -0.138. The van der Waals surface area contributed by atoms with E-state index >= 15 is 0 Å². The van der Waals surface area contributed by atoms with Crippen molar-refractivity contribution in [1.82, 2.24) is 10.2 Å². The van der Waals surface area contributed by atoms with Gasteiger partial charge in [-0.3, -0.25) is 9.69 Å². The fourth-order valence-electron chi connectivity index (χ4n) is 4.60. The molecule has 2 heterocycles. The van der Waals surface area contributed by atoms with Gasteiger partial charge in [0, 0.05) is 29.3 Å². The lowest BCUT2D eigenvalue weighted by atomic mass is 10.1. The van der Waals surface area contributed by atoms with Crippen LogP contribution in [0.4, 0.5) is 13.2 Å². The van der Waals surface area contributed by atoms with Gasteiger partial charge in [0.05, 0.1) is 30.2 Å². The largest absolute Gasteiger partial charge is 0.497 e. The highest BCUT2D eigenvalue weighted by Gasteiger charge is 2.41. The van der Waals surface area contributed by atoms with Crippen LogP contribution in [0.5, 0.6) is 5.75 Å². The summed E-state index contributed by atoms with van der Waals surface area (Å²) in [4.78, 5) is 15.9. The maximum Gasteiger partial charge on any atom is 0.416 e. The molecule has 3 atom stereocenters. The number of carbonyl (C=O) groups is 1. The summed E-state index contributed by atoms with van der Waals surface area (Å²) < 4.78 is 69.5. The van der Waals surface area contributed by atoms with E-state index < -0.39 is 33.7 Å². The summed E-state index contributed by atoms with van der Waals surface area (Å²) in [6.45, 7) is 0.389. The molecule has 4 rings (SSSR count). The molecule has 0 spiro atoms. The summed E-state index contributed by atoms with van der Waals surface area (Å²) in [5, 5.41) is 2.81. The van der Waals surface area contributed by atoms with Gasteiger partial charge in [0.2, 0.25) is 5.91 Å². The molecule has 1 N–H and O–H groups in total. The Morgan fingerprint density at radius 3 is 2.51 bits per heavy atom. The number of alkyl halides is 3. The average molecular weight is 529 g/mol. The van der Waals surface area contributed by atoms with Gasteiger partial charge in [0.15, 0.2) is 9.84 Å². The average Bonchev–Trinajstić information content (AvgIpc) is 3.35. The van der Waals surface area contributed by atoms with E-state index in [9.17, 15) is 26.4 Å². The molecular formula is C24H27F3N2O4S2. The zero-order valence-corrected chi connectivity index (χ0v) is 20.8. The van der Waals surface area contributed by atoms with Crippen LogP contribution in [0.2, 0.25) is 0 Å². The number of hydrogen-bond acceptors (Lipinski definition) is 6. The number of nitrogens with one attached hydrogen (secondary N) is 1. The summed E-state index contributed by atoms with van der Waals surface area (Å²) in [5.41, 5.74) is -0.608. The van der Waals surface area contributed by atoms with Crippen molar-refractivity contribution in [3.63, 3.8) is 0 Å². The Kier molecular flexibility index (Phi) is 7.68. The number of ether oxygens (including phenoxy) is 1. The normalized spacial score (nSPS) is 24.4. The first-order valence-corrected chi connectivity index (χ1v) is 13.9. The van der Waals surface area contributed by atoms with Crippen LogP contribution in [0.1, 0.15) is 24.0 Å². The summed E-state index contributed by atoms with van der Waals surface area (Å²) >= 11 is 1.56. The fourth-order valence-corrected chi connectivity index (χ4v) is 7.50.